The van der Waals surface area contributed by atoms with E-state index in [-0.39, 0.29) is 30.9 Å². The van der Waals surface area contributed by atoms with Gasteiger partial charge in [-0.05, 0) is 49.2 Å². The van der Waals surface area contributed by atoms with E-state index in [1.165, 1.54) is 4.90 Å². The Hall–Kier alpha value is -2.44. The molecule has 0 saturated carbocycles. The molecule has 0 heterocycles. The number of ether oxygens (including phenoxy) is 2. The summed E-state index contributed by atoms with van der Waals surface area (Å²) < 4.78 is 10.7. The van der Waals surface area contributed by atoms with E-state index >= 15 is 0 Å². The zero-order chi connectivity index (χ0) is 23.0. The quantitative estimate of drug-likeness (QED) is 0.556. The zero-order valence-electron chi connectivity index (χ0n) is 18.2. The van der Waals surface area contributed by atoms with Gasteiger partial charge in [0, 0.05) is 28.7 Å². The highest BCUT2D eigenvalue weighted by Crippen LogP contribution is 2.26. The predicted octanol–water partition coefficient (Wildman–Crippen LogP) is 4.57. The molecule has 2 rings (SSSR count). The van der Waals surface area contributed by atoms with Crippen LogP contribution in [0.25, 0.3) is 0 Å². The van der Waals surface area contributed by atoms with Crippen molar-refractivity contribution in [1.82, 2.24) is 10.2 Å². The first-order chi connectivity index (χ1) is 14.7. The number of nitrogens with zero attached hydrogens (tertiary/aromatic N) is 1. The van der Waals surface area contributed by atoms with Gasteiger partial charge in [0.15, 0.2) is 6.61 Å². The fourth-order valence-electron chi connectivity index (χ4n) is 2.79. The summed E-state index contributed by atoms with van der Waals surface area (Å²) in [6, 6.07) is 11.3. The van der Waals surface area contributed by atoms with Gasteiger partial charge in [-0.15, -0.1) is 0 Å². The van der Waals surface area contributed by atoms with E-state index in [1.54, 1.807) is 56.5 Å². The lowest BCUT2D eigenvalue weighted by Gasteiger charge is -2.29. The van der Waals surface area contributed by atoms with Crippen LogP contribution in [-0.4, -0.2) is 43.0 Å². The standard InChI is InChI=1S/C23H28Cl2N2O4/c1-15(2)12-26-23(29)16(3)27(13-19-20(24)6-5-7-21(19)25)22(28)14-31-18-10-8-17(30-4)9-11-18/h5-11,15-16H,12-14H2,1-4H3,(H,26,29). The summed E-state index contributed by atoms with van der Waals surface area (Å²) in [6.45, 7) is 6.03. The molecule has 0 spiro atoms. The van der Waals surface area contributed by atoms with Crippen molar-refractivity contribution in [2.75, 3.05) is 20.3 Å². The fourth-order valence-corrected chi connectivity index (χ4v) is 3.31. The molecular formula is C23H28Cl2N2O4. The van der Waals surface area contributed by atoms with Gasteiger partial charge < -0.3 is 19.7 Å². The van der Waals surface area contributed by atoms with Crippen LogP contribution in [0.2, 0.25) is 10.0 Å². The van der Waals surface area contributed by atoms with E-state index in [2.05, 4.69) is 5.32 Å². The Kier molecular flexibility index (Phi) is 9.46. The maximum Gasteiger partial charge on any atom is 0.261 e. The molecule has 0 aliphatic heterocycles. The summed E-state index contributed by atoms with van der Waals surface area (Å²) in [5.41, 5.74) is 0.576. The summed E-state index contributed by atoms with van der Waals surface area (Å²) in [4.78, 5) is 27.2. The molecule has 6 nitrogen and oxygen atoms in total. The highest BCUT2D eigenvalue weighted by atomic mass is 35.5. The van der Waals surface area contributed by atoms with Crippen molar-refractivity contribution in [2.45, 2.75) is 33.4 Å². The van der Waals surface area contributed by atoms with Gasteiger partial charge in [-0.2, -0.15) is 0 Å². The first-order valence-electron chi connectivity index (χ1n) is 9.99. The molecule has 8 heteroatoms. The van der Waals surface area contributed by atoms with E-state index in [4.69, 9.17) is 32.7 Å². The second kappa shape index (κ2) is 11.8. The number of methoxy groups -OCH3 is 1. The van der Waals surface area contributed by atoms with Crippen LogP contribution in [-0.2, 0) is 16.1 Å². The number of nitrogens with one attached hydrogen (secondary N) is 1. The van der Waals surface area contributed by atoms with Crippen LogP contribution < -0.4 is 14.8 Å². The van der Waals surface area contributed by atoms with Crippen LogP contribution in [0.3, 0.4) is 0 Å². The zero-order valence-corrected chi connectivity index (χ0v) is 19.7. The predicted molar refractivity (Wildman–Crippen MR) is 123 cm³/mol. The average molecular weight is 467 g/mol. The van der Waals surface area contributed by atoms with E-state index < -0.39 is 6.04 Å². The molecule has 1 atom stereocenters. The molecule has 2 aromatic carbocycles. The van der Waals surface area contributed by atoms with Gasteiger partial charge in [0.25, 0.3) is 5.91 Å². The van der Waals surface area contributed by atoms with Crippen molar-refractivity contribution in [1.29, 1.82) is 0 Å². The molecule has 0 saturated heterocycles. The van der Waals surface area contributed by atoms with E-state index in [1.807, 2.05) is 13.8 Å². The summed E-state index contributed by atoms with van der Waals surface area (Å²) >= 11 is 12.6. The Morgan fingerprint density at radius 3 is 2.13 bits per heavy atom. The molecule has 0 aromatic heterocycles. The van der Waals surface area contributed by atoms with Gasteiger partial charge in [-0.1, -0.05) is 43.1 Å². The van der Waals surface area contributed by atoms with E-state index in [0.29, 0.717) is 33.7 Å². The molecule has 2 aromatic rings. The van der Waals surface area contributed by atoms with Crippen LogP contribution in [0.1, 0.15) is 26.3 Å². The number of carbonyl (C=O) groups is 2. The van der Waals surface area contributed by atoms with Crippen molar-refractivity contribution in [2.24, 2.45) is 5.92 Å². The molecule has 0 aliphatic carbocycles. The second-order valence-corrected chi connectivity index (χ2v) is 8.32. The number of hydrogen-bond acceptors (Lipinski definition) is 4. The monoisotopic (exact) mass is 466 g/mol. The third kappa shape index (κ3) is 7.33. The Morgan fingerprint density at radius 1 is 1.00 bits per heavy atom. The van der Waals surface area contributed by atoms with Crippen LogP contribution in [0.15, 0.2) is 42.5 Å². The molecule has 1 N–H and O–H groups in total. The first kappa shape index (κ1) is 24.8. The molecule has 1 unspecified atom stereocenters. The maximum absolute atomic E-state index is 13.1. The van der Waals surface area contributed by atoms with Crippen LogP contribution in [0, 0.1) is 5.92 Å². The van der Waals surface area contributed by atoms with Gasteiger partial charge in [0.05, 0.1) is 7.11 Å². The van der Waals surface area contributed by atoms with Gasteiger partial charge in [0.2, 0.25) is 5.91 Å². The van der Waals surface area contributed by atoms with Gasteiger partial charge in [-0.3, -0.25) is 9.59 Å². The topological polar surface area (TPSA) is 67.9 Å². The number of benzene rings is 2. The molecule has 168 valence electrons. The number of rotatable bonds is 10. The van der Waals surface area contributed by atoms with Crippen molar-refractivity contribution >= 4 is 35.0 Å². The van der Waals surface area contributed by atoms with Crippen molar-refractivity contribution < 1.29 is 19.1 Å². The van der Waals surface area contributed by atoms with Gasteiger partial charge >= 0.3 is 0 Å². The smallest absolute Gasteiger partial charge is 0.261 e. The SMILES string of the molecule is COc1ccc(OCC(=O)N(Cc2c(Cl)cccc2Cl)C(C)C(=O)NCC(C)C)cc1. The fraction of sp³-hybridized carbons (Fsp3) is 0.391. The van der Waals surface area contributed by atoms with Crippen LogP contribution >= 0.6 is 23.2 Å². The lowest BCUT2D eigenvalue weighted by Crippen LogP contribution is -2.49. The third-order valence-electron chi connectivity index (χ3n) is 4.66. The number of hydrogen-bond donors (Lipinski definition) is 1. The Morgan fingerprint density at radius 2 is 1.58 bits per heavy atom. The Bertz CT molecular complexity index is 867. The summed E-state index contributed by atoms with van der Waals surface area (Å²) in [5.74, 6) is 0.872. The number of halogens is 2. The lowest BCUT2D eigenvalue weighted by molar-refractivity contribution is -0.142. The van der Waals surface area contributed by atoms with Crippen LogP contribution in [0.5, 0.6) is 11.5 Å². The summed E-state index contributed by atoms with van der Waals surface area (Å²) in [7, 11) is 1.57. The molecule has 0 bridgehead atoms. The highest BCUT2D eigenvalue weighted by molar-refractivity contribution is 6.36. The van der Waals surface area contributed by atoms with Crippen LogP contribution in [0.4, 0.5) is 0 Å². The van der Waals surface area contributed by atoms with E-state index in [9.17, 15) is 9.59 Å². The molecule has 2 amide bonds. The Balaban J connectivity index is 2.18. The summed E-state index contributed by atoms with van der Waals surface area (Å²) in [6.07, 6.45) is 0. The third-order valence-corrected chi connectivity index (χ3v) is 5.37. The first-order valence-corrected chi connectivity index (χ1v) is 10.8. The molecule has 0 radical (unpaired) electrons. The molecule has 31 heavy (non-hydrogen) atoms. The average Bonchev–Trinajstić information content (AvgIpc) is 2.75. The summed E-state index contributed by atoms with van der Waals surface area (Å²) in [5, 5.41) is 3.72. The highest BCUT2D eigenvalue weighted by Gasteiger charge is 2.27. The van der Waals surface area contributed by atoms with Crippen molar-refractivity contribution in [3.05, 3.63) is 58.1 Å². The lowest BCUT2D eigenvalue weighted by atomic mass is 10.1. The minimum atomic E-state index is -0.738. The van der Waals surface area contributed by atoms with Crippen molar-refractivity contribution in [3.8, 4) is 11.5 Å². The second-order valence-electron chi connectivity index (χ2n) is 7.50. The van der Waals surface area contributed by atoms with Gasteiger partial charge in [-0.25, -0.2) is 0 Å². The van der Waals surface area contributed by atoms with E-state index in [0.717, 1.165) is 0 Å². The number of carbonyl (C=O) groups excluding carboxylic acids is 2. The maximum atomic E-state index is 13.1. The molecule has 0 aliphatic rings. The minimum Gasteiger partial charge on any atom is -0.497 e. The van der Waals surface area contributed by atoms with Crippen molar-refractivity contribution in [3.63, 3.8) is 0 Å². The molecular weight excluding hydrogens is 439 g/mol. The normalized spacial score (nSPS) is 11.7. The largest absolute Gasteiger partial charge is 0.497 e. The minimum absolute atomic E-state index is 0.0829. The number of amides is 2. The van der Waals surface area contributed by atoms with Gasteiger partial charge in [0.1, 0.15) is 17.5 Å². The Labute approximate surface area is 193 Å². The molecule has 0 fully saturated rings.